The molecule has 1 aliphatic heterocycles. The van der Waals surface area contributed by atoms with Crippen molar-refractivity contribution in [1.82, 2.24) is 10.2 Å². The molecule has 19 heavy (non-hydrogen) atoms. The van der Waals surface area contributed by atoms with Gasteiger partial charge in [0.05, 0.1) is 12.5 Å². The predicted molar refractivity (Wildman–Crippen MR) is 67.7 cm³/mol. The van der Waals surface area contributed by atoms with E-state index in [0.29, 0.717) is 18.9 Å². The fourth-order valence-electron chi connectivity index (χ4n) is 2.14. The SMILES string of the molecule is CC(C)[C@@H](C)NC(=O)CN1CCC[C@H](C(F)(F)F)C1. The zero-order valence-electron chi connectivity index (χ0n) is 11.8. The average molecular weight is 280 g/mol. The van der Waals surface area contributed by atoms with Crippen molar-refractivity contribution in [2.24, 2.45) is 11.8 Å². The van der Waals surface area contributed by atoms with Gasteiger partial charge in [-0.05, 0) is 32.2 Å². The summed E-state index contributed by atoms with van der Waals surface area (Å²) < 4.78 is 37.9. The zero-order valence-corrected chi connectivity index (χ0v) is 11.8. The van der Waals surface area contributed by atoms with Gasteiger partial charge in [-0.15, -0.1) is 0 Å². The number of carbonyl (C=O) groups excluding carboxylic acids is 1. The second-order valence-electron chi connectivity index (χ2n) is 5.72. The van der Waals surface area contributed by atoms with Crippen LogP contribution >= 0.6 is 0 Å². The van der Waals surface area contributed by atoms with E-state index in [-0.39, 0.29) is 31.5 Å². The Morgan fingerprint density at radius 2 is 2.00 bits per heavy atom. The molecule has 0 unspecified atom stereocenters. The van der Waals surface area contributed by atoms with Crippen LogP contribution in [0.1, 0.15) is 33.6 Å². The summed E-state index contributed by atoms with van der Waals surface area (Å²) in [5.74, 6) is -1.17. The highest BCUT2D eigenvalue weighted by Gasteiger charge is 2.41. The predicted octanol–water partition coefficient (Wildman–Crippen LogP) is 2.42. The van der Waals surface area contributed by atoms with E-state index in [1.807, 2.05) is 20.8 Å². The van der Waals surface area contributed by atoms with Gasteiger partial charge in [0.15, 0.2) is 0 Å². The van der Waals surface area contributed by atoms with E-state index < -0.39 is 12.1 Å². The fraction of sp³-hybridized carbons (Fsp3) is 0.923. The number of amides is 1. The van der Waals surface area contributed by atoms with Crippen molar-refractivity contribution < 1.29 is 18.0 Å². The van der Waals surface area contributed by atoms with Gasteiger partial charge in [-0.25, -0.2) is 0 Å². The molecular formula is C13H23F3N2O. The molecule has 6 heteroatoms. The molecule has 0 aromatic heterocycles. The largest absolute Gasteiger partial charge is 0.393 e. The van der Waals surface area contributed by atoms with Gasteiger partial charge >= 0.3 is 6.18 Å². The van der Waals surface area contributed by atoms with Crippen LogP contribution in [0.15, 0.2) is 0 Å². The van der Waals surface area contributed by atoms with Crippen LogP contribution in [0.25, 0.3) is 0 Å². The number of halogens is 3. The number of piperidine rings is 1. The van der Waals surface area contributed by atoms with Crippen LogP contribution in [0.2, 0.25) is 0 Å². The molecule has 0 spiro atoms. The van der Waals surface area contributed by atoms with Crippen LogP contribution < -0.4 is 5.32 Å². The van der Waals surface area contributed by atoms with E-state index in [9.17, 15) is 18.0 Å². The van der Waals surface area contributed by atoms with Crippen molar-refractivity contribution >= 4 is 5.91 Å². The maximum Gasteiger partial charge on any atom is 0.393 e. The minimum Gasteiger partial charge on any atom is -0.352 e. The third-order valence-electron chi connectivity index (χ3n) is 3.72. The molecule has 0 saturated carbocycles. The molecule has 1 fully saturated rings. The molecule has 1 amide bonds. The smallest absolute Gasteiger partial charge is 0.352 e. The zero-order chi connectivity index (χ0) is 14.6. The van der Waals surface area contributed by atoms with Crippen molar-refractivity contribution in [3.05, 3.63) is 0 Å². The highest BCUT2D eigenvalue weighted by atomic mass is 19.4. The molecule has 1 heterocycles. The second-order valence-corrected chi connectivity index (χ2v) is 5.72. The number of carbonyl (C=O) groups is 1. The first-order valence-corrected chi connectivity index (χ1v) is 6.78. The lowest BCUT2D eigenvalue weighted by Gasteiger charge is -2.33. The summed E-state index contributed by atoms with van der Waals surface area (Å²) in [6.45, 7) is 6.45. The third-order valence-corrected chi connectivity index (χ3v) is 3.72. The Labute approximate surface area is 112 Å². The van der Waals surface area contributed by atoms with E-state index in [2.05, 4.69) is 5.32 Å². The van der Waals surface area contributed by atoms with Crippen LogP contribution in [0.3, 0.4) is 0 Å². The molecule has 0 aromatic carbocycles. The van der Waals surface area contributed by atoms with Gasteiger partial charge in [-0.1, -0.05) is 13.8 Å². The molecule has 112 valence electrons. The Kier molecular flexibility index (Phi) is 5.64. The molecule has 1 aliphatic rings. The van der Waals surface area contributed by atoms with Gasteiger partial charge < -0.3 is 5.32 Å². The number of nitrogens with zero attached hydrogens (tertiary/aromatic N) is 1. The van der Waals surface area contributed by atoms with Gasteiger partial charge in [0.2, 0.25) is 5.91 Å². The average Bonchev–Trinajstić information content (AvgIpc) is 2.27. The quantitative estimate of drug-likeness (QED) is 0.857. The highest BCUT2D eigenvalue weighted by molar-refractivity contribution is 5.78. The lowest BCUT2D eigenvalue weighted by molar-refractivity contribution is -0.187. The van der Waals surface area contributed by atoms with Crippen LogP contribution in [0.4, 0.5) is 13.2 Å². The first-order chi connectivity index (χ1) is 8.70. The van der Waals surface area contributed by atoms with Gasteiger partial charge in [-0.3, -0.25) is 9.69 Å². The first-order valence-electron chi connectivity index (χ1n) is 6.78. The molecule has 1 saturated heterocycles. The maximum absolute atomic E-state index is 12.6. The topological polar surface area (TPSA) is 32.3 Å². The third kappa shape index (κ3) is 5.38. The van der Waals surface area contributed by atoms with Gasteiger partial charge in [0.1, 0.15) is 0 Å². The Morgan fingerprint density at radius 1 is 1.37 bits per heavy atom. The van der Waals surface area contributed by atoms with Gasteiger partial charge in [-0.2, -0.15) is 13.2 Å². The van der Waals surface area contributed by atoms with Crippen LogP contribution in [0, 0.1) is 11.8 Å². The van der Waals surface area contributed by atoms with Gasteiger partial charge in [0.25, 0.3) is 0 Å². The van der Waals surface area contributed by atoms with Crippen molar-refractivity contribution in [3.8, 4) is 0 Å². The van der Waals surface area contributed by atoms with Crippen LogP contribution in [0.5, 0.6) is 0 Å². The summed E-state index contributed by atoms with van der Waals surface area (Å²) in [7, 11) is 0. The number of hydrogen-bond donors (Lipinski definition) is 1. The van der Waals surface area contributed by atoms with Crippen molar-refractivity contribution in [2.45, 2.75) is 45.8 Å². The first kappa shape index (κ1) is 16.3. The minimum atomic E-state index is -4.15. The Bertz CT molecular complexity index is 305. The Morgan fingerprint density at radius 3 is 2.53 bits per heavy atom. The number of nitrogens with one attached hydrogen (secondary N) is 1. The van der Waals surface area contributed by atoms with E-state index in [0.717, 1.165) is 0 Å². The summed E-state index contributed by atoms with van der Waals surface area (Å²) >= 11 is 0. The lowest BCUT2D eigenvalue weighted by atomic mass is 9.97. The number of likely N-dealkylation sites (tertiary alicyclic amines) is 1. The van der Waals surface area contributed by atoms with E-state index in [1.54, 1.807) is 4.90 Å². The molecule has 1 rings (SSSR count). The van der Waals surface area contributed by atoms with Crippen molar-refractivity contribution in [1.29, 1.82) is 0 Å². The van der Waals surface area contributed by atoms with Crippen LogP contribution in [-0.4, -0.2) is 42.7 Å². The number of alkyl halides is 3. The Balaban J connectivity index is 2.42. The second kappa shape index (κ2) is 6.59. The minimum absolute atomic E-state index is 0.0377. The summed E-state index contributed by atoms with van der Waals surface area (Å²) in [6, 6.07) is 0.0377. The van der Waals surface area contributed by atoms with Crippen LogP contribution in [-0.2, 0) is 4.79 Å². The monoisotopic (exact) mass is 280 g/mol. The van der Waals surface area contributed by atoms with Gasteiger partial charge in [0, 0.05) is 12.6 Å². The molecule has 0 aliphatic carbocycles. The normalized spacial score (nSPS) is 23.4. The fourth-order valence-corrected chi connectivity index (χ4v) is 2.14. The maximum atomic E-state index is 12.6. The number of rotatable bonds is 4. The molecule has 2 atom stereocenters. The molecular weight excluding hydrogens is 257 g/mol. The van der Waals surface area contributed by atoms with Crippen molar-refractivity contribution in [2.75, 3.05) is 19.6 Å². The van der Waals surface area contributed by atoms with E-state index in [4.69, 9.17) is 0 Å². The molecule has 0 aromatic rings. The lowest BCUT2D eigenvalue weighted by Crippen LogP contribution is -2.47. The summed E-state index contributed by atoms with van der Waals surface area (Å²) in [5, 5.41) is 2.82. The standard InChI is InChI=1S/C13H23F3N2O/c1-9(2)10(3)17-12(19)8-18-6-4-5-11(7-18)13(14,15)16/h9-11H,4-8H2,1-3H3,(H,17,19)/t10-,11+/m1/s1. The molecule has 3 nitrogen and oxygen atoms in total. The Hall–Kier alpha value is -0.780. The summed E-state index contributed by atoms with van der Waals surface area (Å²) in [6.07, 6.45) is -3.48. The highest BCUT2D eigenvalue weighted by Crippen LogP contribution is 2.32. The number of hydrogen-bond acceptors (Lipinski definition) is 2. The molecule has 1 N–H and O–H groups in total. The molecule has 0 bridgehead atoms. The summed E-state index contributed by atoms with van der Waals surface area (Å²) in [4.78, 5) is 13.3. The molecule has 0 radical (unpaired) electrons. The summed E-state index contributed by atoms with van der Waals surface area (Å²) in [5.41, 5.74) is 0. The van der Waals surface area contributed by atoms with E-state index in [1.165, 1.54) is 0 Å². The van der Waals surface area contributed by atoms with Crippen molar-refractivity contribution in [3.63, 3.8) is 0 Å². The van der Waals surface area contributed by atoms with E-state index >= 15 is 0 Å².